The molecular formula is C89H91F15N12O16. The number of rotatable bonds is 22. The molecule has 43 heteroatoms. The smallest absolute Gasteiger partial charge is 0.433 e. The quantitative estimate of drug-likeness (QED) is 0.0343. The van der Waals surface area contributed by atoms with Gasteiger partial charge in [-0.1, -0.05) is 40.5 Å². The molecule has 6 aromatic carbocycles. The van der Waals surface area contributed by atoms with Gasteiger partial charge in [0.2, 0.25) is 17.7 Å². The lowest BCUT2D eigenvalue weighted by Gasteiger charge is -2.34. The van der Waals surface area contributed by atoms with Crippen LogP contribution in [0.25, 0.3) is 67.1 Å². The monoisotopic (exact) mass is 1870 g/mol. The van der Waals surface area contributed by atoms with E-state index in [0.717, 1.165) is 67.8 Å². The summed E-state index contributed by atoms with van der Waals surface area (Å²) in [6.45, 7) is 11.5. The number of halogens is 15. The van der Waals surface area contributed by atoms with E-state index in [-0.39, 0.29) is 191 Å². The average Bonchev–Trinajstić information content (AvgIpc) is 1.60. The number of aromatic nitrogens is 6. The van der Waals surface area contributed by atoms with Crippen molar-refractivity contribution in [3.05, 3.63) is 230 Å². The fourth-order valence-corrected chi connectivity index (χ4v) is 12.9. The zero-order valence-electron chi connectivity index (χ0n) is 70.0. The Bertz CT molecular complexity index is 6210. The molecular weight excluding hydrogens is 1780 g/mol. The number of amides is 5. The minimum absolute atomic E-state index is 0. The van der Waals surface area contributed by atoms with Gasteiger partial charge in [-0.25, -0.2) is 65.8 Å². The Kier molecular flexibility index (Phi) is 32.7. The van der Waals surface area contributed by atoms with E-state index in [9.17, 15) is 94.9 Å². The van der Waals surface area contributed by atoms with E-state index in [1.165, 1.54) is 74.8 Å². The Morgan fingerprint density at radius 2 is 0.848 bits per heavy atom. The number of fused-ring (bicyclic) bond motifs is 3. The van der Waals surface area contributed by atoms with E-state index in [1.54, 1.807) is 55.4 Å². The van der Waals surface area contributed by atoms with Crippen LogP contribution in [0, 0.1) is 34.9 Å². The number of methoxy groups -OCH3 is 4. The standard InChI is InChI=1S/C32H31F5N4O6.C30H29F5N4O6.C24H19F5N4O4.3CH4/c1-30(2,3)47-29(43)41-21(15-45-31(41,4)5)26-25(27(42)38-14-16-7-8-17(33)13-20(16)34)40-28(46-26)19-9-11-22(44-6)24-18(19)10-12-23(39-24)32(35,36)37;1-29(2,3)44-14-20(37-28(41)43-5)25-24(26(40)36-13-15-6-7-16(31)12-19(15)32)39-27(45-25)18-8-10-21(42-4)23-17(18)9-11-22(38-23)30(33,34)35;1-36-17-6-4-14(13-5-7-18(24(27,28)29)32-19(13)17)23-33-20(21(37-23)16(30)10-34)22(35)31-9-11-2-3-12(25)8-15(11)26;;;/h7-13,21H,14-15H2,1-6H3,(H,38,42);6-12,20H,13-14H2,1-5H3,(H,36,40)(H,37,41);2-8,16,34H,9-10,30H2,1H3,(H,31,35);3*1H4/t21-;20-;16-;;;/m000.../s1. The molecule has 708 valence electrons. The number of nitrogens with one attached hydrogen (secondary N) is 4. The van der Waals surface area contributed by atoms with Crippen LogP contribution in [0.4, 0.5) is 75.4 Å². The summed E-state index contributed by atoms with van der Waals surface area (Å²) in [7, 11) is 4.94. The number of benzene rings is 6. The number of hydrogen-bond donors (Lipinski definition) is 6. The molecule has 6 aromatic heterocycles. The number of carbonyl (C=O) groups is 5. The molecule has 0 unspecified atom stereocenters. The lowest BCUT2D eigenvalue weighted by molar-refractivity contribution is -0.141. The van der Waals surface area contributed by atoms with Crippen LogP contribution >= 0.6 is 0 Å². The maximum Gasteiger partial charge on any atom is 0.433 e. The molecule has 0 saturated carbocycles. The maximum atomic E-state index is 14.3. The highest BCUT2D eigenvalue weighted by Gasteiger charge is 2.50. The third-order valence-electron chi connectivity index (χ3n) is 19.0. The molecule has 0 spiro atoms. The molecule has 7 N–H and O–H groups in total. The highest BCUT2D eigenvalue weighted by atomic mass is 19.4. The molecule has 1 saturated heterocycles. The van der Waals surface area contributed by atoms with Crippen LogP contribution in [0.1, 0.15) is 178 Å². The summed E-state index contributed by atoms with van der Waals surface area (Å²) < 4.78 is 259. The second kappa shape index (κ2) is 41.6. The van der Waals surface area contributed by atoms with Crippen molar-refractivity contribution in [1.29, 1.82) is 0 Å². The number of nitrogens with two attached hydrogens (primary N) is 1. The van der Waals surface area contributed by atoms with Crippen molar-refractivity contribution in [1.82, 2.24) is 56.1 Å². The van der Waals surface area contributed by atoms with Gasteiger partial charge in [-0.15, -0.1) is 0 Å². The topological polar surface area (TPSA) is 364 Å². The normalized spacial score (nSPS) is 13.6. The molecule has 3 atom stereocenters. The lowest BCUT2D eigenvalue weighted by Crippen LogP contribution is -2.47. The minimum atomic E-state index is -4.74. The third kappa shape index (κ3) is 24.1. The molecule has 0 radical (unpaired) electrons. The van der Waals surface area contributed by atoms with Crippen LogP contribution in [0.15, 0.2) is 141 Å². The van der Waals surface area contributed by atoms with Gasteiger partial charge in [-0.3, -0.25) is 19.3 Å². The van der Waals surface area contributed by atoms with Crippen molar-refractivity contribution in [2.75, 3.05) is 48.3 Å². The summed E-state index contributed by atoms with van der Waals surface area (Å²) in [6, 6.07) is 19.5. The number of oxazole rings is 3. The summed E-state index contributed by atoms with van der Waals surface area (Å²) >= 11 is 0. The van der Waals surface area contributed by atoms with Crippen LogP contribution in [0.3, 0.4) is 0 Å². The number of aliphatic hydroxyl groups excluding tert-OH is 1. The van der Waals surface area contributed by atoms with Gasteiger partial charge in [0.05, 0.1) is 59.9 Å². The zero-order valence-corrected chi connectivity index (χ0v) is 70.0. The number of hydrogen-bond acceptors (Lipinski definition) is 23. The first kappa shape index (κ1) is 104. The molecule has 28 nitrogen and oxygen atoms in total. The predicted octanol–water partition coefficient (Wildman–Crippen LogP) is 19.5. The van der Waals surface area contributed by atoms with E-state index in [2.05, 4.69) is 51.2 Å². The van der Waals surface area contributed by atoms with Gasteiger partial charge in [-0.05, 0) is 146 Å². The summed E-state index contributed by atoms with van der Waals surface area (Å²) in [5.74, 6) is -8.58. The Hall–Kier alpha value is -13.7. The lowest BCUT2D eigenvalue weighted by atomic mass is 10.1. The largest absolute Gasteiger partial charge is 0.494 e. The first-order chi connectivity index (χ1) is 60.5. The van der Waals surface area contributed by atoms with Crippen LogP contribution in [-0.4, -0.2) is 135 Å². The van der Waals surface area contributed by atoms with Gasteiger partial charge in [0.1, 0.15) is 109 Å². The van der Waals surface area contributed by atoms with Gasteiger partial charge in [0, 0.05) is 87.4 Å². The van der Waals surface area contributed by atoms with E-state index in [4.69, 9.17) is 52.1 Å². The molecule has 0 bridgehead atoms. The van der Waals surface area contributed by atoms with Gasteiger partial charge in [0.25, 0.3) is 17.7 Å². The van der Waals surface area contributed by atoms with Crippen LogP contribution < -0.4 is 41.2 Å². The molecule has 132 heavy (non-hydrogen) atoms. The number of pyridine rings is 3. The van der Waals surface area contributed by atoms with Crippen molar-refractivity contribution >= 4 is 62.6 Å². The first-order valence-corrected chi connectivity index (χ1v) is 38.4. The second-order valence-corrected chi connectivity index (χ2v) is 30.7. The van der Waals surface area contributed by atoms with Crippen molar-refractivity contribution in [2.45, 2.75) is 151 Å². The fraction of sp³-hybridized carbons (Fsp3) is 0.337. The van der Waals surface area contributed by atoms with Crippen molar-refractivity contribution < 1.29 is 141 Å². The highest BCUT2D eigenvalue weighted by Crippen LogP contribution is 2.45. The van der Waals surface area contributed by atoms with Crippen LogP contribution in [-0.2, 0) is 57.1 Å². The van der Waals surface area contributed by atoms with Gasteiger partial charge >= 0.3 is 30.7 Å². The summed E-state index contributed by atoms with van der Waals surface area (Å²) in [5, 5.41) is 20.0. The summed E-state index contributed by atoms with van der Waals surface area (Å²) in [5.41, 5.74) is -1.37. The highest BCUT2D eigenvalue weighted by molar-refractivity contribution is 6.01. The third-order valence-corrected chi connectivity index (χ3v) is 19.0. The Labute approximate surface area is 744 Å². The minimum Gasteiger partial charge on any atom is -0.494 e. The number of ether oxygens (including phenoxy) is 7. The summed E-state index contributed by atoms with van der Waals surface area (Å²) in [4.78, 5) is 91.0. The predicted molar refractivity (Wildman–Crippen MR) is 448 cm³/mol. The number of alkyl carbamates (subject to hydrolysis) is 1. The van der Waals surface area contributed by atoms with Gasteiger partial charge in [0.15, 0.2) is 34.4 Å². The number of nitrogens with zero attached hydrogens (tertiary/aromatic N) is 7. The van der Waals surface area contributed by atoms with Crippen molar-refractivity contribution in [3.8, 4) is 51.6 Å². The Balaban J connectivity index is 0.000000243. The van der Waals surface area contributed by atoms with E-state index < -0.39 is 142 Å². The maximum absolute atomic E-state index is 14.3. The molecule has 13 rings (SSSR count). The van der Waals surface area contributed by atoms with E-state index in [0.29, 0.717) is 18.2 Å². The van der Waals surface area contributed by atoms with E-state index >= 15 is 0 Å². The SMILES string of the molecule is C.C.C.COC(=O)N[C@@H](COC(C)(C)C)c1oc(-c2ccc(OC)c3nc(C(F)(F)F)ccc23)nc1C(=O)NCc1ccc(F)cc1F.COc1ccc(-c2nc(C(=O)NCc3ccc(F)cc3F)c([C@@H](N)CO)o2)c2ccc(C(F)(F)F)nc12.COc1ccc(-c2nc(C(=O)NCc3ccc(F)cc3F)c([C@@H]3COC(C)(C)N3C(=O)OC(C)(C)C)o2)c2ccc(C(F)(F)F)nc12. The van der Waals surface area contributed by atoms with Crippen LogP contribution in [0.2, 0.25) is 0 Å². The van der Waals surface area contributed by atoms with Crippen molar-refractivity contribution in [3.63, 3.8) is 0 Å². The Morgan fingerprint density at radius 1 is 0.492 bits per heavy atom. The van der Waals surface area contributed by atoms with Crippen LogP contribution in [0.5, 0.6) is 17.2 Å². The molecule has 12 aromatic rings. The summed E-state index contributed by atoms with van der Waals surface area (Å²) in [6.07, 6.45) is -15.8. The molecule has 1 aliphatic heterocycles. The molecule has 1 aliphatic rings. The van der Waals surface area contributed by atoms with Crippen molar-refractivity contribution in [2.24, 2.45) is 5.73 Å². The molecule has 0 aliphatic carbocycles. The Morgan fingerprint density at radius 3 is 1.19 bits per heavy atom. The molecule has 7 heterocycles. The number of alkyl halides is 9. The first-order valence-electron chi connectivity index (χ1n) is 38.4. The zero-order chi connectivity index (χ0) is 94.5. The van der Waals surface area contributed by atoms with Gasteiger partial charge in [-0.2, -0.15) is 39.5 Å². The molecule has 1 fully saturated rings. The van der Waals surface area contributed by atoms with E-state index in [1.807, 2.05) is 0 Å². The molecule has 5 amide bonds. The average molecular weight is 1870 g/mol. The number of aliphatic hydroxyl groups is 1. The van der Waals surface area contributed by atoms with Gasteiger partial charge < -0.3 is 78.5 Å². The number of carbonyl (C=O) groups excluding carboxylic acids is 5. The second-order valence-electron chi connectivity index (χ2n) is 30.7. The fourth-order valence-electron chi connectivity index (χ4n) is 12.9.